The SMILES string of the molecule is CC(NC(=O)C(=O)N1CC[C@@]2(COc3c(cn(C)c3C(=O)Nc3ccc(F)c(Cl)c3)S(=O)(=O)N2)C1)C(F)(F)F. The van der Waals surface area contributed by atoms with Gasteiger partial charge in [-0.15, -0.1) is 0 Å². The molecule has 2 aliphatic rings. The summed E-state index contributed by atoms with van der Waals surface area (Å²) in [4.78, 5) is 38.2. The number of benzene rings is 1. The van der Waals surface area contributed by atoms with Crippen LogP contribution in [0.15, 0.2) is 29.3 Å². The number of sulfonamides is 1. The van der Waals surface area contributed by atoms with Crippen molar-refractivity contribution in [2.24, 2.45) is 7.05 Å². The molecule has 4 rings (SSSR count). The Bertz CT molecular complexity index is 1460. The van der Waals surface area contributed by atoms with E-state index in [0.29, 0.717) is 6.92 Å². The van der Waals surface area contributed by atoms with Crippen molar-refractivity contribution in [2.75, 3.05) is 25.0 Å². The summed E-state index contributed by atoms with van der Waals surface area (Å²) in [5, 5.41) is 3.82. The number of amides is 3. The van der Waals surface area contributed by atoms with Gasteiger partial charge in [-0.1, -0.05) is 11.6 Å². The molecule has 1 saturated heterocycles. The molecule has 212 valence electrons. The lowest BCUT2D eigenvalue weighted by molar-refractivity contribution is -0.162. The minimum absolute atomic E-state index is 0.0217. The van der Waals surface area contributed by atoms with Gasteiger partial charge in [0, 0.05) is 32.0 Å². The number of aryl methyl sites for hydroxylation is 1. The Morgan fingerprint density at radius 3 is 2.59 bits per heavy atom. The minimum Gasteiger partial charge on any atom is -0.488 e. The summed E-state index contributed by atoms with van der Waals surface area (Å²) in [6.45, 7) is -0.199. The number of fused-ring (bicyclic) bond motifs is 1. The molecule has 1 aromatic heterocycles. The quantitative estimate of drug-likeness (QED) is 0.365. The minimum atomic E-state index is -4.76. The van der Waals surface area contributed by atoms with Crippen LogP contribution in [0.3, 0.4) is 0 Å². The largest absolute Gasteiger partial charge is 0.488 e. The number of rotatable bonds is 3. The number of carbonyl (C=O) groups excluding carboxylic acids is 3. The first-order valence-electron chi connectivity index (χ1n) is 11.3. The topological polar surface area (TPSA) is 139 Å². The van der Waals surface area contributed by atoms with Crippen molar-refractivity contribution in [1.82, 2.24) is 19.5 Å². The van der Waals surface area contributed by atoms with Gasteiger partial charge in [-0.3, -0.25) is 14.4 Å². The van der Waals surface area contributed by atoms with E-state index in [9.17, 15) is 40.4 Å². The number of ether oxygens (including phenoxy) is 1. The van der Waals surface area contributed by atoms with Crippen LogP contribution in [-0.2, 0) is 26.7 Å². The molecule has 1 aromatic carbocycles. The summed E-state index contributed by atoms with van der Waals surface area (Å²) < 4.78 is 87.7. The Hall–Kier alpha value is -3.37. The van der Waals surface area contributed by atoms with Crippen molar-refractivity contribution in [3.05, 3.63) is 40.9 Å². The molecule has 17 heteroatoms. The zero-order valence-electron chi connectivity index (χ0n) is 20.4. The molecule has 3 heterocycles. The monoisotopic (exact) mass is 595 g/mol. The summed E-state index contributed by atoms with van der Waals surface area (Å²) in [5.74, 6) is -4.52. The van der Waals surface area contributed by atoms with E-state index in [1.165, 1.54) is 23.7 Å². The van der Waals surface area contributed by atoms with Crippen molar-refractivity contribution in [3.63, 3.8) is 0 Å². The number of anilines is 1. The summed E-state index contributed by atoms with van der Waals surface area (Å²) in [6, 6.07) is 1.19. The number of hydrogen-bond donors (Lipinski definition) is 3. The second-order valence-electron chi connectivity index (χ2n) is 9.25. The third kappa shape index (κ3) is 5.67. The predicted octanol–water partition coefficient (Wildman–Crippen LogP) is 1.78. The smallest absolute Gasteiger partial charge is 0.408 e. The summed E-state index contributed by atoms with van der Waals surface area (Å²) in [7, 11) is -2.92. The van der Waals surface area contributed by atoms with Gasteiger partial charge >= 0.3 is 18.0 Å². The molecule has 2 atom stereocenters. The van der Waals surface area contributed by atoms with Gasteiger partial charge in [0.1, 0.15) is 23.4 Å². The summed E-state index contributed by atoms with van der Waals surface area (Å²) in [6.07, 6.45) is -3.63. The molecule has 1 fully saturated rings. The number of likely N-dealkylation sites (tertiary alicyclic amines) is 1. The number of hydrogen-bond acceptors (Lipinski definition) is 6. The Kier molecular flexibility index (Phi) is 7.33. The van der Waals surface area contributed by atoms with Gasteiger partial charge < -0.3 is 24.8 Å². The van der Waals surface area contributed by atoms with E-state index in [-0.39, 0.29) is 53.2 Å². The average molecular weight is 596 g/mol. The highest BCUT2D eigenvalue weighted by molar-refractivity contribution is 7.89. The van der Waals surface area contributed by atoms with Gasteiger partial charge in [-0.2, -0.15) is 17.9 Å². The molecule has 11 nitrogen and oxygen atoms in total. The van der Waals surface area contributed by atoms with Crippen LogP contribution < -0.4 is 20.1 Å². The van der Waals surface area contributed by atoms with Crippen molar-refractivity contribution in [1.29, 1.82) is 0 Å². The molecule has 0 radical (unpaired) electrons. The van der Waals surface area contributed by atoms with E-state index in [4.69, 9.17) is 16.3 Å². The van der Waals surface area contributed by atoms with Gasteiger partial charge in [0.25, 0.3) is 5.91 Å². The van der Waals surface area contributed by atoms with Crippen molar-refractivity contribution in [3.8, 4) is 5.75 Å². The molecular weight excluding hydrogens is 574 g/mol. The van der Waals surface area contributed by atoms with Gasteiger partial charge in [0.05, 0.1) is 10.6 Å². The molecule has 2 aromatic rings. The van der Waals surface area contributed by atoms with Gasteiger partial charge in [-0.25, -0.2) is 12.8 Å². The van der Waals surface area contributed by atoms with Crippen LogP contribution in [-0.4, -0.2) is 73.1 Å². The van der Waals surface area contributed by atoms with Crippen LogP contribution in [0, 0.1) is 5.82 Å². The van der Waals surface area contributed by atoms with E-state index in [1.807, 2.05) is 0 Å². The van der Waals surface area contributed by atoms with Gasteiger partial charge in [0.2, 0.25) is 10.0 Å². The van der Waals surface area contributed by atoms with Crippen molar-refractivity contribution < 1.29 is 45.1 Å². The number of nitrogens with zero attached hydrogens (tertiary/aromatic N) is 2. The molecule has 1 spiro atoms. The molecule has 0 aliphatic carbocycles. The average Bonchev–Trinajstić information content (AvgIpc) is 3.37. The second kappa shape index (κ2) is 9.98. The summed E-state index contributed by atoms with van der Waals surface area (Å²) >= 11 is 5.75. The van der Waals surface area contributed by atoms with E-state index in [1.54, 1.807) is 5.32 Å². The lowest BCUT2D eigenvalue weighted by atomic mass is 10.0. The number of aromatic nitrogens is 1. The first-order valence-corrected chi connectivity index (χ1v) is 13.2. The first-order chi connectivity index (χ1) is 18.0. The molecule has 0 bridgehead atoms. The van der Waals surface area contributed by atoms with Crippen LogP contribution in [0.5, 0.6) is 5.75 Å². The maximum absolute atomic E-state index is 13.5. The van der Waals surface area contributed by atoms with E-state index < -0.39 is 51.3 Å². The van der Waals surface area contributed by atoms with Crippen LogP contribution in [0.2, 0.25) is 5.02 Å². The molecule has 3 N–H and O–H groups in total. The fourth-order valence-corrected chi connectivity index (χ4v) is 6.03. The Balaban J connectivity index is 1.54. The van der Waals surface area contributed by atoms with Gasteiger partial charge in [0.15, 0.2) is 11.4 Å². The van der Waals surface area contributed by atoms with E-state index in [2.05, 4.69) is 10.0 Å². The first kappa shape index (κ1) is 28.6. The molecule has 1 unspecified atom stereocenters. The van der Waals surface area contributed by atoms with Crippen LogP contribution >= 0.6 is 11.6 Å². The zero-order valence-corrected chi connectivity index (χ0v) is 21.9. The van der Waals surface area contributed by atoms with Gasteiger partial charge in [-0.05, 0) is 31.5 Å². The lowest BCUT2D eigenvalue weighted by Crippen LogP contribution is -2.55. The second-order valence-corrected chi connectivity index (χ2v) is 11.3. The van der Waals surface area contributed by atoms with Crippen molar-refractivity contribution >= 4 is 45.0 Å². The highest BCUT2D eigenvalue weighted by Crippen LogP contribution is 2.37. The Morgan fingerprint density at radius 1 is 1.26 bits per heavy atom. The third-order valence-corrected chi connectivity index (χ3v) is 8.16. The van der Waals surface area contributed by atoms with Crippen LogP contribution in [0.1, 0.15) is 23.8 Å². The highest BCUT2D eigenvalue weighted by Gasteiger charge is 2.49. The molecule has 39 heavy (non-hydrogen) atoms. The predicted molar refractivity (Wildman–Crippen MR) is 128 cm³/mol. The fourth-order valence-electron chi connectivity index (χ4n) is 4.24. The number of halogens is 5. The molecule has 2 aliphatic heterocycles. The van der Waals surface area contributed by atoms with Crippen molar-refractivity contribution in [2.45, 2.75) is 36.0 Å². The molecule has 0 saturated carbocycles. The summed E-state index contributed by atoms with van der Waals surface area (Å²) in [5.41, 5.74) is -1.47. The normalized spacial score (nSPS) is 21.1. The molecular formula is C22H22ClF4N5O6S. The lowest BCUT2D eigenvalue weighted by Gasteiger charge is -2.27. The highest BCUT2D eigenvalue weighted by atomic mass is 35.5. The maximum atomic E-state index is 13.5. The third-order valence-electron chi connectivity index (χ3n) is 6.30. The maximum Gasteiger partial charge on any atom is 0.408 e. The van der Waals surface area contributed by atoms with E-state index >= 15 is 0 Å². The Morgan fingerprint density at radius 2 is 1.95 bits per heavy atom. The zero-order chi connectivity index (χ0) is 28.9. The van der Waals surface area contributed by atoms with E-state index in [0.717, 1.165) is 17.2 Å². The number of alkyl halides is 3. The number of nitrogens with one attached hydrogen (secondary N) is 3. The number of carbonyl (C=O) groups is 3. The van der Waals surface area contributed by atoms with Crippen LogP contribution in [0.4, 0.5) is 23.2 Å². The molecule has 3 amide bonds. The Labute approximate surface area is 224 Å². The fraction of sp³-hybridized carbons (Fsp3) is 0.409. The van der Waals surface area contributed by atoms with Crippen LogP contribution in [0.25, 0.3) is 0 Å². The standard InChI is InChI=1S/C22H22ClF4N5O6S/c1-11(22(25,26)27)28-19(34)20(35)32-6-5-21(9-32)10-38-17-15(39(36,37)30-21)8-31(2)16(17)18(33)29-12-3-4-14(24)13(23)7-12/h3-4,7-8,11,30H,5-6,9-10H2,1-2H3,(H,28,34)(H,29,33)/t11?,21-/m0/s1.